The molecule has 1 fully saturated rings. The van der Waals surface area contributed by atoms with Crippen molar-refractivity contribution < 1.29 is 4.79 Å². The normalized spacial score (nSPS) is 18.4. The average Bonchev–Trinajstić information content (AvgIpc) is 2.90. The largest absolute Gasteiger partial charge is 0.302 e. The zero-order valence-electron chi connectivity index (χ0n) is 12.5. The predicted octanol–water partition coefficient (Wildman–Crippen LogP) is 4.53. The summed E-state index contributed by atoms with van der Waals surface area (Å²) in [5.41, 5.74) is 1.32. The molecule has 1 saturated heterocycles. The summed E-state index contributed by atoms with van der Waals surface area (Å²) in [7, 11) is 0. The lowest BCUT2D eigenvalue weighted by atomic mass is 9.82. The number of likely N-dealkylation sites (tertiary alicyclic amines) is 1. The maximum atomic E-state index is 12.2. The fraction of sp³-hybridized carbons (Fsp3) is 0.588. The van der Waals surface area contributed by atoms with E-state index in [1.165, 1.54) is 19.3 Å². The van der Waals surface area contributed by atoms with Gasteiger partial charge in [0.1, 0.15) is 0 Å². The van der Waals surface area contributed by atoms with Crippen LogP contribution in [0.5, 0.6) is 0 Å². The van der Waals surface area contributed by atoms with E-state index in [-0.39, 0.29) is 5.78 Å². The third-order valence-electron chi connectivity index (χ3n) is 4.84. The third kappa shape index (κ3) is 3.70. The molecule has 1 aliphatic heterocycles. The molecule has 0 saturated carbocycles. The van der Waals surface area contributed by atoms with Crippen LogP contribution in [0.15, 0.2) is 28.7 Å². The van der Waals surface area contributed by atoms with Crippen molar-refractivity contribution in [2.45, 2.75) is 39.5 Å². The summed E-state index contributed by atoms with van der Waals surface area (Å²) in [6.07, 6.45) is 4.42. The number of nitrogens with zero attached hydrogens (tertiary/aromatic N) is 1. The molecule has 3 heteroatoms. The average molecular weight is 338 g/mol. The van der Waals surface area contributed by atoms with Crippen LogP contribution in [0.2, 0.25) is 0 Å². The molecule has 0 aromatic heterocycles. The molecule has 1 aromatic carbocycles. The van der Waals surface area contributed by atoms with E-state index in [9.17, 15) is 4.79 Å². The molecule has 2 rings (SSSR count). The molecule has 0 N–H and O–H groups in total. The van der Waals surface area contributed by atoms with Gasteiger partial charge in [-0.05, 0) is 43.4 Å². The zero-order chi connectivity index (χ0) is 14.6. The highest BCUT2D eigenvalue weighted by Crippen LogP contribution is 2.36. The van der Waals surface area contributed by atoms with E-state index in [1.807, 2.05) is 24.3 Å². The van der Waals surface area contributed by atoms with Crippen LogP contribution in [0.25, 0.3) is 0 Å². The van der Waals surface area contributed by atoms with Gasteiger partial charge in [-0.1, -0.05) is 41.9 Å². The lowest BCUT2D eigenvalue weighted by Crippen LogP contribution is -2.28. The van der Waals surface area contributed by atoms with Crippen molar-refractivity contribution in [2.24, 2.45) is 5.41 Å². The number of rotatable bonds is 6. The first kappa shape index (κ1) is 15.7. The van der Waals surface area contributed by atoms with Crippen LogP contribution in [-0.4, -0.2) is 30.3 Å². The molecule has 0 aliphatic carbocycles. The summed E-state index contributed by atoms with van der Waals surface area (Å²) < 4.78 is 1.02. The number of hydrogen-bond donors (Lipinski definition) is 0. The molecule has 1 aliphatic rings. The Bertz CT molecular complexity index is 451. The summed E-state index contributed by atoms with van der Waals surface area (Å²) in [6.45, 7) is 7.79. The molecular weight excluding hydrogens is 314 g/mol. The molecule has 0 unspecified atom stereocenters. The van der Waals surface area contributed by atoms with E-state index < -0.39 is 0 Å². The topological polar surface area (TPSA) is 20.3 Å². The number of benzene rings is 1. The molecular formula is C17H24BrNO. The second kappa shape index (κ2) is 6.86. The van der Waals surface area contributed by atoms with E-state index in [0.29, 0.717) is 11.8 Å². The number of halogens is 1. The maximum absolute atomic E-state index is 12.2. The number of ketones is 1. The minimum atomic E-state index is 0.253. The molecule has 20 heavy (non-hydrogen) atoms. The minimum Gasteiger partial charge on any atom is -0.302 e. The van der Waals surface area contributed by atoms with Crippen molar-refractivity contribution in [3.8, 4) is 0 Å². The van der Waals surface area contributed by atoms with Gasteiger partial charge in [-0.3, -0.25) is 4.79 Å². The van der Waals surface area contributed by atoms with Crippen LogP contribution in [0, 0.1) is 5.41 Å². The highest BCUT2D eigenvalue weighted by Gasteiger charge is 2.34. The fourth-order valence-electron chi connectivity index (χ4n) is 3.09. The second-order valence-corrected chi connectivity index (χ2v) is 6.83. The van der Waals surface area contributed by atoms with Crippen LogP contribution < -0.4 is 0 Å². The van der Waals surface area contributed by atoms with Crippen molar-refractivity contribution in [2.75, 3.05) is 19.6 Å². The standard InChI is InChI=1S/C17H24BrNO/c1-3-17(4-2)10-12-19(13-17)11-9-16(20)14-5-7-15(18)8-6-14/h5-8H,3-4,9-13H2,1-2H3. The molecule has 0 bridgehead atoms. The monoisotopic (exact) mass is 337 g/mol. The van der Waals surface area contributed by atoms with Crippen LogP contribution in [0.3, 0.4) is 0 Å². The van der Waals surface area contributed by atoms with Crippen molar-refractivity contribution in [3.05, 3.63) is 34.3 Å². The summed E-state index contributed by atoms with van der Waals surface area (Å²) >= 11 is 3.40. The zero-order valence-corrected chi connectivity index (χ0v) is 14.1. The van der Waals surface area contributed by atoms with E-state index in [4.69, 9.17) is 0 Å². The van der Waals surface area contributed by atoms with Crippen molar-refractivity contribution in [3.63, 3.8) is 0 Å². The van der Waals surface area contributed by atoms with Gasteiger partial charge in [-0.25, -0.2) is 0 Å². The van der Waals surface area contributed by atoms with E-state index in [0.717, 1.165) is 29.7 Å². The fourth-order valence-corrected chi connectivity index (χ4v) is 3.35. The van der Waals surface area contributed by atoms with Gasteiger partial charge in [0.15, 0.2) is 5.78 Å². The van der Waals surface area contributed by atoms with E-state index in [1.54, 1.807) is 0 Å². The summed E-state index contributed by atoms with van der Waals surface area (Å²) in [6, 6.07) is 7.67. The number of Topliss-reactive ketones (excluding diaryl/α,β-unsaturated/α-hetero) is 1. The first-order chi connectivity index (χ1) is 9.58. The maximum Gasteiger partial charge on any atom is 0.164 e. The SMILES string of the molecule is CCC1(CC)CCN(CCC(=O)c2ccc(Br)cc2)C1. The minimum absolute atomic E-state index is 0.253. The summed E-state index contributed by atoms with van der Waals surface area (Å²) in [5, 5.41) is 0. The Morgan fingerprint density at radius 1 is 1.25 bits per heavy atom. The van der Waals surface area contributed by atoms with Crippen LogP contribution in [-0.2, 0) is 0 Å². The molecule has 2 nitrogen and oxygen atoms in total. The lowest BCUT2D eigenvalue weighted by Gasteiger charge is -2.26. The van der Waals surface area contributed by atoms with Gasteiger partial charge >= 0.3 is 0 Å². The Balaban J connectivity index is 1.84. The van der Waals surface area contributed by atoms with Crippen molar-refractivity contribution >= 4 is 21.7 Å². The Morgan fingerprint density at radius 2 is 1.90 bits per heavy atom. The second-order valence-electron chi connectivity index (χ2n) is 5.91. The first-order valence-electron chi connectivity index (χ1n) is 7.60. The van der Waals surface area contributed by atoms with Gasteiger partial charge in [0.25, 0.3) is 0 Å². The van der Waals surface area contributed by atoms with Crippen molar-refractivity contribution in [1.29, 1.82) is 0 Å². The molecule has 0 spiro atoms. The van der Waals surface area contributed by atoms with Crippen LogP contribution in [0.4, 0.5) is 0 Å². The highest BCUT2D eigenvalue weighted by molar-refractivity contribution is 9.10. The van der Waals surface area contributed by atoms with Crippen molar-refractivity contribution in [1.82, 2.24) is 4.90 Å². The molecule has 1 heterocycles. The quantitative estimate of drug-likeness (QED) is 0.710. The number of hydrogen-bond acceptors (Lipinski definition) is 2. The van der Waals surface area contributed by atoms with Crippen LogP contribution >= 0.6 is 15.9 Å². The molecule has 1 aromatic rings. The lowest BCUT2D eigenvalue weighted by molar-refractivity contribution is 0.0965. The summed E-state index contributed by atoms with van der Waals surface area (Å²) in [4.78, 5) is 14.6. The van der Waals surface area contributed by atoms with Gasteiger partial charge in [-0.2, -0.15) is 0 Å². The Hall–Kier alpha value is -0.670. The highest BCUT2D eigenvalue weighted by atomic mass is 79.9. The Kier molecular flexibility index (Phi) is 5.39. The third-order valence-corrected chi connectivity index (χ3v) is 5.37. The van der Waals surface area contributed by atoms with E-state index >= 15 is 0 Å². The van der Waals surface area contributed by atoms with E-state index in [2.05, 4.69) is 34.7 Å². The Morgan fingerprint density at radius 3 is 2.45 bits per heavy atom. The number of carbonyl (C=O) groups excluding carboxylic acids is 1. The van der Waals surface area contributed by atoms with Gasteiger partial charge in [0.05, 0.1) is 0 Å². The first-order valence-corrected chi connectivity index (χ1v) is 8.39. The molecule has 110 valence electrons. The van der Waals surface area contributed by atoms with Gasteiger partial charge in [-0.15, -0.1) is 0 Å². The number of carbonyl (C=O) groups is 1. The predicted molar refractivity (Wildman–Crippen MR) is 87.2 cm³/mol. The summed E-state index contributed by atoms with van der Waals surface area (Å²) in [5.74, 6) is 0.253. The smallest absolute Gasteiger partial charge is 0.164 e. The molecule has 0 atom stereocenters. The Labute approximate surface area is 130 Å². The van der Waals surface area contributed by atoms with Gasteiger partial charge in [0.2, 0.25) is 0 Å². The van der Waals surface area contributed by atoms with Gasteiger partial charge in [0, 0.05) is 29.5 Å². The molecule has 0 radical (unpaired) electrons. The van der Waals surface area contributed by atoms with Crippen LogP contribution in [0.1, 0.15) is 49.9 Å². The molecule has 0 amide bonds. The van der Waals surface area contributed by atoms with Gasteiger partial charge < -0.3 is 4.90 Å².